The normalized spacial score (nSPS) is 12.0. The molecule has 0 fully saturated rings. The molecule has 0 aliphatic carbocycles. The molecule has 0 aliphatic rings. The second kappa shape index (κ2) is 9.41. The third-order valence-corrected chi connectivity index (χ3v) is 5.12. The molecule has 0 bridgehead atoms. The molecule has 3 rings (SSSR count). The van der Waals surface area contributed by atoms with Crippen molar-refractivity contribution in [1.82, 2.24) is 0 Å². The lowest BCUT2D eigenvalue weighted by Crippen LogP contribution is -2.24. The number of aliphatic hydroxyl groups excluding tert-OH is 1. The Labute approximate surface area is 176 Å². The summed E-state index contributed by atoms with van der Waals surface area (Å²) in [5.41, 5.74) is 5.39. The van der Waals surface area contributed by atoms with Crippen LogP contribution in [-0.2, 0) is 4.79 Å². The highest BCUT2D eigenvalue weighted by Gasteiger charge is 2.18. The van der Waals surface area contributed by atoms with Gasteiger partial charge >= 0.3 is 0 Å². The van der Waals surface area contributed by atoms with Crippen LogP contribution in [0.15, 0.2) is 72.8 Å². The van der Waals surface area contributed by atoms with Crippen LogP contribution in [0.2, 0.25) is 5.02 Å². The van der Waals surface area contributed by atoms with Crippen LogP contribution in [0.4, 0.5) is 11.4 Å². The van der Waals surface area contributed by atoms with Crippen LogP contribution < -0.4 is 10.2 Å². The average Bonchev–Trinajstić information content (AvgIpc) is 2.77. The molecule has 0 amide bonds. The molecule has 0 saturated heterocycles. The zero-order valence-electron chi connectivity index (χ0n) is 16.3. The smallest absolute Gasteiger partial charge is 0.154 e. The fraction of sp³-hybridized carbons (Fsp3) is 0.125. The van der Waals surface area contributed by atoms with E-state index in [9.17, 15) is 9.90 Å². The first-order valence-electron chi connectivity index (χ1n) is 9.24. The number of allylic oxidation sites excluding steroid dienone is 1. The van der Waals surface area contributed by atoms with E-state index >= 15 is 0 Å². The summed E-state index contributed by atoms with van der Waals surface area (Å²) in [4.78, 5) is 12.3. The summed E-state index contributed by atoms with van der Waals surface area (Å²) in [5.74, 6) is 0. The Kier molecular flexibility index (Phi) is 6.70. The summed E-state index contributed by atoms with van der Waals surface area (Å²) in [7, 11) is 3.68. The summed E-state index contributed by atoms with van der Waals surface area (Å²) < 4.78 is 0. The first kappa shape index (κ1) is 20.6. The standard InChI is InChI=1S/C24H23ClN2O2/c1-26-20-11-8-18(9-12-20)19-10-13-22(23(25)16-19)24(29)27(2)21-7-3-5-17(15-21)6-4-14-28/h3-16,24,26,29H,1-2H3/b6-4+. The Morgan fingerprint density at radius 2 is 1.76 bits per heavy atom. The summed E-state index contributed by atoms with van der Waals surface area (Å²) in [6.07, 6.45) is 2.99. The number of hydrogen-bond acceptors (Lipinski definition) is 4. The van der Waals surface area contributed by atoms with Crippen LogP contribution >= 0.6 is 11.6 Å². The van der Waals surface area contributed by atoms with Gasteiger partial charge in [0, 0.05) is 36.1 Å². The molecular formula is C24H23ClN2O2. The molecule has 29 heavy (non-hydrogen) atoms. The number of anilines is 2. The number of carbonyl (C=O) groups is 1. The predicted octanol–water partition coefficient (Wildman–Crippen LogP) is 5.39. The highest BCUT2D eigenvalue weighted by molar-refractivity contribution is 6.31. The topological polar surface area (TPSA) is 52.6 Å². The number of rotatable bonds is 7. The summed E-state index contributed by atoms with van der Waals surface area (Å²) >= 11 is 6.52. The van der Waals surface area contributed by atoms with E-state index in [2.05, 4.69) is 5.32 Å². The van der Waals surface area contributed by atoms with Gasteiger partial charge in [-0.15, -0.1) is 0 Å². The van der Waals surface area contributed by atoms with Crippen LogP contribution in [0.25, 0.3) is 17.2 Å². The van der Waals surface area contributed by atoms with E-state index in [1.165, 1.54) is 6.08 Å². The number of benzene rings is 3. The number of nitrogens with one attached hydrogen (secondary N) is 1. The van der Waals surface area contributed by atoms with Gasteiger partial charge in [-0.05, 0) is 53.1 Å². The number of hydrogen-bond donors (Lipinski definition) is 2. The third-order valence-electron chi connectivity index (χ3n) is 4.80. The Balaban J connectivity index is 1.84. The molecule has 0 aliphatic heterocycles. The van der Waals surface area contributed by atoms with Crippen LogP contribution in [-0.4, -0.2) is 25.5 Å². The largest absolute Gasteiger partial charge is 0.388 e. The molecule has 3 aromatic rings. The monoisotopic (exact) mass is 406 g/mol. The lowest BCUT2D eigenvalue weighted by molar-refractivity contribution is -0.104. The minimum Gasteiger partial charge on any atom is -0.388 e. The molecule has 5 heteroatoms. The van der Waals surface area contributed by atoms with E-state index in [1.807, 2.05) is 73.8 Å². The minimum atomic E-state index is -0.909. The first-order chi connectivity index (χ1) is 14.0. The summed E-state index contributed by atoms with van der Waals surface area (Å²) in [5, 5.41) is 14.5. The van der Waals surface area contributed by atoms with Gasteiger partial charge in [-0.3, -0.25) is 4.79 Å². The molecule has 1 unspecified atom stereocenters. The zero-order valence-corrected chi connectivity index (χ0v) is 17.1. The Morgan fingerprint density at radius 1 is 1.03 bits per heavy atom. The van der Waals surface area contributed by atoms with E-state index in [1.54, 1.807) is 18.0 Å². The molecule has 1 atom stereocenters. The first-order valence-corrected chi connectivity index (χ1v) is 9.61. The van der Waals surface area contributed by atoms with E-state index in [4.69, 9.17) is 11.6 Å². The molecule has 148 valence electrons. The van der Waals surface area contributed by atoms with Gasteiger partial charge in [-0.2, -0.15) is 0 Å². The van der Waals surface area contributed by atoms with Gasteiger partial charge in [0.05, 0.1) is 0 Å². The fourth-order valence-electron chi connectivity index (χ4n) is 3.09. The zero-order chi connectivity index (χ0) is 20.8. The van der Waals surface area contributed by atoms with Crippen LogP contribution in [0.3, 0.4) is 0 Å². The van der Waals surface area contributed by atoms with Crippen molar-refractivity contribution >= 4 is 35.3 Å². The van der Waals surface area contributed by atoms with Crippen molar-refractivity contribution in [2.24, 2.45) is 0 Å². The van der Waals surface area contributed by atoms with Gasteiger partial charge in [0.2, 0.25) is 0 Å². The lowest BCUT2D eigenvalue weighted by Gasteiger charge is -2.27. The van der Waals surface area contributed by atoms with Gasteiger partial charge in [0.1, 0.15) is 6.29 Å². The van der Waals surface area contributed by atoms with E-state index in [0.717, 1.165) is 34.4 Å². The Morgan fingerprint density at radius 3 is 2.41 bits per heavy atom. The molecule has 2 N–H and O–H groups in total. The van der Waals surface area contributed by atoms with Crippen LogP contribution in [0.1, 0.15) is 17.4 Å². The second-order valence-electron chi connectivity index (χ2n) is 6.64. The quantitative estimate of drug-likeness (QED) is 0.314. The molecule has 0 heterocycles. The highest BCUT2D eigenvalue weighted by Crippen LogP contribution is 2.32. The van der Waals surface area contributed by atoms with Crippen molar-refractivity contribution in [1.29, 1.82) is 0 Å². The minimum absolute atomic E-state index is 0.497. The summed E-state index contributed by atoms with van der Waals surface area (Å²) in [6.45, 7) is 0. The van der Waals surface area contributed by atoms with Gasteiger partial charge in [-0.25, -0.2) is 0 Å². The average molecular weight is 407 g/mol. The van der Waals surface area contributed by atoms with Crippen molar-refractivity contribution in [2.75, 3.05) is 24.3 Å². The van der Waals surface area contributed by atoms with Crippen LogP contribution in [0.5, 0.6) is 0 Å². The second-order valence-corrected chi connectivity index (χ2v) is 7.05. The SMILES string of the molecule is CNc1ccc(-c2ccc(C(O)N(C)c3cccc(/C=C/C=O)c3)c(Cl)c2)cc1. The number of carbonyl (C=O) groups excluding carboxylic acids is 1. The molecule has 0 aromatic heterocycles. The van der Waals surface area contributed by atoms with E-state index < -0.39 is 6.23 Å². The van der Waals surface area contributed by atoms with Gasteiger partial charge in [0.15, 0.2) is 6.23 Å². The van der Waals surface area contributed by atoms with Crippen LogP contribution in [0, 0.1) is 0 Å². The third kappa shape index (κ3) is 4.86. The van der Waals surface area contributed by atoms with Crippen molar-refractivity contribution < 1.29 is 9.90 Å². The Hall–Kier alpha value is -3.08. The lowest BCUT2D eigenvalue weighted by atomic mass is 10.0. The predicted molar refractivity (Wildman–Crippen MR) is 121 cm³/mol. The molecule has 0 spiro atoms. The van der Waals surface area contributed by atoms with Gasteiger partial charge in [-0.1, -0.05) is 54.1 Å². The molecule has 0 radical (unpaired) electrons. The number of aldehydes is 1. The van der Waals surface area contributed by atoms with E-state index in [-0.39, 0.29) is 0 Å². The molecule has 3 aromatic carbocycles. The van der Waals surface area contributed by atoms with Crippen molar-refractivity contribution in [3.8, 4) is 11.1 Å². The number of halogens is 1. The molecule has 4 nitrogen and oxygen atoms in total. The van der Waals surface area contributed by atoms with E-state index in [0.29, 0.717) is 10.6 Å². The van der Waals surface area contributed by atoms with Crippen molar-refractivity contribution in [2.45, 2.75) is 6.23 Å². The van der Waals surface area contributed by atoms with Crippen molar-refractivity contribution in [3.63, 3.8) is 0 Å². The Bertz CT molecular complexity index is 1020. The van der Waals surface area contributed by atoms with Gasteiger partial charge in [0.25, 0.3) is 0 Å². The number of aliphatic hydroxyl groups is 1. The molecular weight excluding hydrogens is 384 g/mol. The number of nitrogens with zero attached hydrogens (tertiary/aromatic N) is 1. The van der Waals surface area contributed by atoms with Crippen molar-refractivity contribution in [3.05, 3.63) is 89.0 Å². The maximum absolute atomic E-state index is 10.9. The highest BCUT2D eigenvalue weighted by atomic mass is 35.5. The molecule has 0 saturated carbocycles. The maximum atomic E-state index is 10.9. The van der Waals surface area contributed by atoms with Gasteiger partial charge < -0.3 is 15.3 Å². The summed E-state index contributed by atoms with van der Waals surface area (Å²) in [6, 6.07) is 21.3. The maximum Gasteiger partial charge on any atom is 0.154 e. The fourth-order valence-corrected chi connectivity index (χ4v) is 3.37.